The van der Waals surface area contributed by atoms with Crippen molar-refractivity contribution in [2.75, 3.05) is 0 Å². The Morgan fingerprint density at radius 2 is 1.73 bits per heavy atom. The van der Waals surface area contributed by atoms with Crippen LogP contribution in [0.4, 0.5) is 0 Å². The fourth-order valence-electron chi connectivity index (χ4n) is 3.08. The lowest BCUT2D eigenvalue weighted by atomic mass is 9.95. The van der Waals surface area contributed by atoms with Gasteiger partial charge in [-0.1, -0.05) is 48.5 Å². The van der Waals surface area contributed by atoms with E-state index in [-0.39, 0.29) is 11.9 Å². The van der Waals surface area contributed by atoms with Gasteiger partial charge in [-0.05, 0) is 48.9 Å². The van der Waals surface area contributed by atoms with Crippen molar-refractivity contribution in [3.63, 3.8) is 0 Å². The van der Waals surface area contributed by atoms with Crippen LogP contribution in [0.1, 0.15) is 25.0 Å². The molecular weight excluding hydrogens is 272 g/mol. The molecule has 0 bridgehead atoms. The minimum atomic E-state index is -0.818. The summed E-state index contributed by atoms with van der Waals surface area (Å²) in [5, 5.41) is 2.94. The molecule has 3 N–H and O–H groups in total. The summed E-state index contributed by atoms with van der Waals surface area (Å²) in [7, 11) is 0. The van der Waals surface area contributed by atoms with Crippen LogP contribution in [0.3, 0.4) is 0 Å². The summed E-state index contributed by atoms with van der Waals surface area (Å²) in [4.78, 5) is 12.4. The number of hydrogen-bond donors (Lipinski definition) is 2. The molecule has 0 unspecified atom stereocenters. The molecule has 0 radical (unpaired) electrons. The molecule has 0 aliphatic heterocycles. The molecule has 3 rings (SSSR count). The summed E-state index contributed by atoms with van der Waals surface area (Å²) in [6.45, 7) is 3.91. The van der Waals surface area contributed by atoms with E-state index < -0.39 is 5.54 Å². The summed E-state index contributed by atoms with van der Waals surface area (Å²) < 4.78 is 0. The third kappa shape index (κ3) is 2.77. The molecule has 114 valence electrons. The minimum absolute atomic E-state index is 0.0556. The maximum absolute atomic E-state index is 12.4. The van der Waals surface area contributed by atoms with Crippen molar-refractivity contribution in [2.24, 2.45) is 5.73 Å². The van der Waals surface area contributed by atoms with Gasteiger partial charge < -0.3 is 11.1 Å². The molecule has 0 spiro atoms. The van der Waals surface area contributed by atoms with Crippen LogP contribution in [0.25, 0.3) is 11.1 Å². The van der Waals surface area contributed by atoms with Gasteiger partial charge in [0.2, 0.25) is 5.91 Å². The molecule has 1 atom stereocenters. The van der Waals surface area contributed by atoms with Gasteiger partial charge in [0.1, 0.15) is 5.54 Å². The highest BCUT2D eigenvalue weighted by atomic mass is 16.2. The topological polar surface area (TPSA) is 55.1 Å². The average molecular weight is 294 g/mol. The van der Waals surface area contributed by atoms with Crippen molar-refractivity contribution < 1.29 is 4.79 Å². The summed E-state index contributed by atoms with van der Waals surface area (Å²) in [6.07, 6.45) is 1.21. The van der Waals surface area contributed by atoms with Gasteiger partial charge in [0, 0.05) is 6.04 Å². The Kier molecular flexibility index (Phi) is 3.75. The Balaban J connectivity index is 1.86. The Labute approximate surface area is 131 Å². The van der Waals surface area contributed by atoms with E-state index in [2.05, 4.69) is 35.6 Å². The standard InChI is InChI=1S/C19H22N2O/c1-13(2)21-18(22)19(20)11-16-9-8-15(10-17(16)12-19)14-6-4-3-5-7-14/h3-10,13H,11-12,20H2,1-2H3,(H,21,22)/t19-/m1/s1. The second-order valence-electron chi connectivity index (χ2n) is 6.49. The first kappa shape index (κ1) is 14.8. The van der Waals surface area contributed by atoms with Gasteiger partial charge in [-0.3, -0.25) is 4.79 Å². The predicted molar refractivity (Wildman–Crippen MR) is 89.5 cm³/mol. The van der Waals surface area contributed by atoms with Crippen LogP contribution >= 0.6 is 0 Å². The highest BCUT2D eigenvalue weighted by Crippen LogP contribution is 2.32. The fourth-order valence-corrected chi connectivity index (χ4v) is 3.08. The third-order valence-electron chi connectivity index (χ3n) is 4.20. The highest BCUT2D eigenvalue weighted by Gasteiger charge is 2.40. The number of nitrogens with one attached hydrogen (secondary N) is 1. The van der Waals surface area contributed by atoms with Gasteiger partial charge in [-0.15, -0.1) is 0 Å². The van der Waals surface area contributed by atoms with Crippen LogP contribution in [0.15, 0.2) is 48.5 Å². The SMILES string of the molecule is CC(C)NC(=O)[C@@]1(N)Cc2ccc(-c3ccccc3)cc2C1. The number of rotatable bonds is 3. The predicted octanol–water partition coefficient (Wildman–Crippen LogP) is 2.67. The zero-order valence-corrected chi connectivity index (χ0v) is 13.1. The maximum Gasteiger partial charge on any atom is 0.240 e. The van der Waals surface area contributed by atoms with Crippen LogP contribution in [-0.2, 0) is 17.6 Å². The molecule has 2 aromatic carbocycles. The van der Waals surface area contributed by atoms with Gasteiger partial charge in [-0.2, -0.15) is 0 Å². The quantitative estimate of drug-likeness (QED) is 0.914. The average Bonchev–Trinajstić information content (AvgIpc) is 2.84. The molecule has 0 saturated heterocycles. The van der Waals surface area contributed by atoms with Crippen molar-refractivity contribution in [3.8, 4) is 11.1 Å². The van der Waals surface area contributed by atoms with Gasteiger partial charge in [-0.25, -0.2) is 0 Å². The number of hydrogen-bond acceptors (Lipinski definition) is 2. The highest BCUT2D eigenvalue weighted by molar-refractivity contribution is 5.88. The molecule has 1 aliphatic rings. The minimum Gasteiger partial charge on any atom is -0.352 e. The van der Waals surface area contributed by atoms with Crippen LogP contribution in [0.5, 0.6) is 0 Å². The first-order valence-electron chi connectivity index (χ1n) is 7.75. The molecule has 3 heteroatoms. The Morgan fingerprint density at radius 1 is 1.05 bits per heavy atom. The molecule has 3 nitrogen and oxygen atoms in total. The summed E-state index contributed by atoms with van der Waals surface area (Å²) in [5.41, 5.74) is 10.3. The van der Waals surface area contributed by atoms with E-state index in [1.165, 1.54) is 22.3 Å². The lowest BCUT2D eigenvalue weighted by molar-refractivity contribution is -0.126. The molecule has 2 aromatic rings. The van der Waals surface area contributed by atoms with Gasteiger partial charge in [0.15, 0.2) is 0 Å². The molecule has 0 aromatic heterocycles. The first-order valence-corrected chi connectivity index (χ1v) is 7.75. The van der Waals surface area contributed by atoms with E-state index in [4.69, 9.17) is 5.73 Å². The first-order chi connectivity index (χ1) is 10.5. The van der Waals surface area contributed by atoms with E-state index >= 15 is 0 Å². The molecule has 0 heterocycles. The second-order valence-corrected chi connectivity index (χ2v) is 6.49. The van der Waals surface area contributed by atoms with Crippen molar-refractivity contribution >= 4 is 5.91 Å². The monoisotopic (exact) mass is 294 g/mol. The fraction of sp³-hybridized carbons (Fsp3) is 0.316. The summed E-state index contributed by atoms with van der Waals surface area (Å²) >= 11 is 0. The van der Waals surface area contributed by atoms with Crippen LogP contribution < -0.4 is 11.1 Å². The van der Waals surface area contributed by atoms with E-state index in [1.54, 1.807) is 0 Å². The number of carbonyl (C=O) groups is 1. The van der Waals surface area contributed by atoms with Crippen molar-refractivity contribution in [2.45, 2.75) is 38.3 Å². The van der Waals surface area contributed by atoms with Gasteiger partial charge in [0.05, 0.1) is 0 Å². The van der Waals surface area contributed by atoms with E-state index in [1.807, 2.05) is 32.0 Å². The smallest absolute Gasteiger partial charge is 0.240 e. The van der Waals surface area contributed by atoms with Gasteiger partial charge in [0.25, 0.3) is 0 Å². The molecule has 1 amide bonds. The Morgan fingerprint density at radius 3 is 2.41 bits per heavy atom. The molecule has 0 fully saturated rings. The lowest BCUT2D eigenvalue weighted by Gasteiger charge is -2.23. The number of fused-ring (bicyclic) bond motifs is 1. The zero-order valence-electron chi connectivity index (χ0n) is 13.1. The van der Waals surface area contributed by atoms with Crippen LogP contribution in [0, 0.1) is 0 Å². The number of amides is 1. The number of carbonyl (C=O) groups excluding carboxylic acids is 1. The molecule has 1 aliphatic carbocycles. The van der Waals surface area contributed by atoms with Crippen molar-refractivity contribution in [1.82, 2.24) is 5.32 Å². The molecule has 22 heavy (non-hydrogen) atoms. The maximum atomic E-state index is 12.4. The Hall–Kier alpha value is -2.13. The van der Waals surface area contributed by atoms with Crippen molar-refractivity contribution in [1.29, 1.82) is 0 Å². The second kappa shape index (κ2) is 5.58. The number of nitrogens with two attached hydrogens (primary N) is 1. The normalized spacial score (nSPS) is 20.0. The zero-order chi connectivity index (χ0) is 15.7. The van der Waals surface area contributed by atoms with Crippen LogP contribution in [0.2, 0.25) is 0 Å². The Bertz CT molecular complexity index is 694. The summed E-state index contributed by atoms with van der Waals surface area (Å²) in [6, 6.07) is 16.8. The number of benzene rings is 2. The summed E-state index contributed by atoms with van der Waals surface area (Å²) in [5.74, 6) is -0.0556. The van der Waals surface area contributed by atoms with E-state index in [0.29, 0.717) is 12.8 Å². The molecule has 0 saturated carbocycles. The van der Waals surface area contributed by atoms with Crippen molar-refractivity contribution in [3.05, 3.63) is 59.7 Å². The van der Waals surface area contributed by atoms with Crippen LogP contribution in [-0.4, -0.2) is 17.5 Å². The third-order valence-corrected chi connectivity index (χ3v) is 4.20. The lowest BCUT2D eigenvalue weighted by Crippen LogP contribution is -2.56. The largest absolute Gasteiger partial charge is 0.352 e. The van der Waals surface area contributed by atoms with E-state index in [9.17, 15) is 4.79 Å². The van der Waals surface area contributed by atoms with E-state index in [0.717, 1.165) is 0 Å². The molecular formula is C19H22N2O. The van der Waals surface area contributed by atoms with Gasteiger partial charge >= 0.3 is 0 Å².